The molecule has 1 atom stereocenters. The molecule has 0 aliphatic carbocycles. The molecule has 1 fully saturated rings. The molecule has 1 saturated heterocycles. The van der Waals surface area contributed by atoms with E-state index in [1.165, 1.54) is 18.1 Å². The minimum absolute atomic E-state index is 0.441. The normalized spacial score (nSPS) is 16.3. The van der Waals surface area contributed by atoms with E-state index in [2.05, 4.69) is 51.7 Å². The number of aryl methyl sites for hydroxylation is 1. The molecule has 3 aromatic rings. The van der Waals surface area contributed by atoms with Gasteiger partial charge >= 0.3 is 0 Å². The van der Waals surface area contributed by atoms with Crippen LogP contribution in [0.3, 0.4) is 0 Å². The Morgan fingerprint density at radius 3 is 2.64 bits per heavy atom. The highest BCUT2D eigenvalue weighted by molar-refractivity contribution is 6.18. The van der Waals surface area contributed by atoms with Crippen molar-refractivity contribution in [2.45, 2.75) is 31.8 Å². The van der Waals surface area contributed by atoms with Gasteiger partial charge in [0.2, 0.25) is 0 Å². The van der Waals surface area contributed by atoms with E-state index in [4.69, 9.17) is 33.4 Å². The van der Waals surface area contributed by atoms with Crippen LogP contribution in [-0.4, -0.2) is 63.0 Å². The van der Waals surface area contributed by atoms with Crippen molar-refractivity contribution >= 4 is 51.9 Å². The number of aromatic nitrogens is 2. The maximum atomic E-state index is 11.2. The van der Waals surface area contributed by atoms with Gasteiger partial charge in [-0.2, -0.15) is 0 Å². The second-order valence-electron chi connectivity index (χ2n) is 9.15. The Morgan fingerprint density at radius 2 is 1.94 bits per heavy atom. The lowest BCUT2D eigenvalue weighted by Gasteiger charge is -2.24. The van der Waals surface area contributed by atoms with Crippen LogP contribution in [0.25, 0.3) is 17.1 Å². The van der Waals surface area contributed by atoms with Crippen LogP contribution in [0.15, 0.2) is 48.5 Å². The van der Waals surface area contributed by atoms with Crippen molar-refractivity contribution in [2.75, 3.05) is 36.3 Å². The molecule has 2 aromatic carbocycles. The summed E-state index contributed by atoms with van der Waals surface area (Å²) in [4.78, 5) is 20.9. The average Bonchev–Trinajstić information content (AvgIpc) is 3.46. The van der Waals surface area contributed by atoms with E-state index in [-0.39, 0.29) is 0 Å². The SMILES string of the molecule is Cn1c(CC2CCCN2Cc2ccc(/C=C/C(=O)NO)cc2)nc2cc(N(CCCl)CCCl)ccc21. The molecule has 0 spiro atoms. The van der Waals surface area contributed by atoms with Gasteiger partial charge in [-0.1, -0.05) is 24.3 Å². The third-order valence-electron chi connectivity index (χ3n) is 6.85. The van der Waals surface area contributed by atoms with Gasteiger partial charge in [-0.25, -0.2) is 10.5 Å². The molecular weight excluding hydrogens is 497 g/mol. The van der Waals surface area contributed by atoms with E-state index in [0.717, 1.165) is 67.1 Å². The number of hydroxylamine groups is 1. The van der Waals surface area contributed by atoms with Crippen molar-refractivity contribution in [2.24, 2.45) is 7.05 Å². The van der Waals surface area contributed by atoms with Gasteiger partial charge in [0.05, 0.1) is 11.0 Å². The topological polar surface area (TPSA) is 73.6 Å². The summed E-state index contributed by atoms with van der Waals surface area (Å²) < 4.78 is 2.21. The van der Waals surface area contributed by atoms with Crippen LogP contribution >= 0.6 is 23.2 Å². The number of anilines is 1. The summed E-state index contributed by atoms with van der Waals surface area (Å²) in [5.41, 5.74) is 6.98. The number of halogens is 2. The summed E-state index contributed by atoms with van der Waals surface area (Å²) in [6.45, 7) is 3.46. The molecule has 1 aliphatic heterocycles. The largest absolute Gasteiger partial charge is 0.369 e. The standard InChI is InChI=1S/C27H33Cl2N5O2/c1-32-25-10-9-23(33(15-12-28)16-13-29)17-24(25)30-26(32)18-22-3-2-14-34(22)19-21-6-4-20(5-7-21)8-11-27(35)31-36/h4-11,17,22,36H,2-3,12-16,18-19H2,1H3,(H,31,35)/b11-8+. The zero-order valence-electron chi connectivity index (χ0n) is 20.5. The Bertz CT molecular complexity index is 1190. The predicted octanol–water partition coefficient (Wildman–Crippen LogP) is 4.58. The Morgan fingerprint density at radius 1 is 1.19 bits per heavy atom. The van der Waals surface area contributed by atoms with Gasteiger partial charge in [0.25, 0.3) is 5.91 Å². The summed E-state index contributed by atoms with van der Waals surface area (Å²) >= 11 is 12.0. The minimum Gasteiger partial charge on any atom is -0.369 e. The van der Waals surface area contributed by atoms with Crippen LogP contribution < -0.4 is 10.4 Å². The molecule has 1 amide bonds. The average molecular weight is 531 g/mol. The monoisotopic (exact) mass is 529 g/mol. The summed E-state index contributed by atoms with van der Waals surface area (Å²) in [6.07, 6.45) is 6.23. The van der Waals surface area contributed by atoms with Crippen LogP contribution in [0.2, 0.25) is 0 Å². The third-order valence-corrected chi connectivity index (χ3v) is 7.19. The van der Waals surface area contributed by atoms with Gasteiger partial charge in [0.15, 0.2) is 0 Å². The molecule has 2 heterocycles. The maximum Gasteiger partial charge on any atom is 0.267 e. The number of nitrogens with zero attached hydrogens (tertiary/aromatic N) is 4. The summed E-state index contributed by atoms with van der Waals surface area (Å²) in [5.74, 6) is 1.67. The fourth-order valence-corrected chi connectivity index (χ4v) is 5.32. The molecule has 7 nitrogen and oxygen atoms in total. The van der Waals surface area contributed by atoms with E-state index in [1.54, 1.807) is 11.6 Å². The third kappa shape index (κ3) is 6.40. The van der Waals surface area contributed by atoms with E-state index < -0.39 is 5.91 Å². The number of hydrogen-bond donors (Lipinski definition) is 2. The zero-order valence-corrected chi connectivity index (χ0v) is 22.0. The van der Waals surface area contributed by atoms with Gasteiger partial charge in [0, 0.05) is 62.7 Å². The first-order chi connectivity index (χ1) is 17.5. The highest BCUT2D eigenvalue weighted by Crippen LogP contribution is 2.27. The molecule has 1 unspecified atom stereocenters. The lowest BCUT2D eigenvalue weighted by atomic mass is 10.1. The highest BCUT2D eigenvalue weighted by Gasteiger charge is 2.26. The van der Waals surface area contributed by atoms with Crippen LogP contribution in [0.1, 0.15) is 29.8 Å². The van der Waals surface area contributed by atoms with Gasteiger partial charge in [0.1, 0.15) is 5.82 Å². The molecule has 9 heteroatoms. The Hall–Kier alpha value is -2.58. The summed E-state index contributed by atoms with van der Waals surface area (Å²) in [5, 5.41) is 8.61. The molecular formula is C27H33Cl2N5O2. The molecule has 2 N–H and O–H groups in total. The highest BCUT2D eigenvalue weighted by atomic mass is 35.5. The van der Waals surface area contributed by atoms with Crippen LogP contribution in [0, 0.1) is 0 Å². The van der Waals surface area contributed by atoms with E-state index >= 15 is 0 Å². The fraction of sp³-hybridized carbons (Fsp3) is 0.407. The van der Waals surface area contributed by atoms with E-state index in [1.807, 2.05) is 12.1 Å². The van der Waals surface area contributed by atoms with Crippen molar-refractivity contribution in [3.8, 4) is 0 Å². The molecule has 0 radical (unpaired) electrons. The predicted molar refractivity (Wildman–Crippen MR) is 147 cm³/mol. The summed E-state index contributed by atoms with van der Waals surface area (Å²) in [7, 11) is 2.10. The van der Waals surface area contributed by atoms with Gasteiger partial charge in [-0.05, 0) is 54.8 Å². The second kappa shape index (κ2) is 12.6. The van der Waals surface area contributed by atoms with E-state index in [9.17, 15) is 4.79 Å². The maximum absolute atomic E-state index is 11.2. The number of hydrogen-bond acceptors (Lipinski definition) is 5. The van der Waals surface area contributed by atoms with Gasteiger partial charge in [-0.15, -0.1) is 23.2 Å². The lowest BCUT2D eigenvalue weighted by Crippen LogP contribution is -2.31. The minimum atomic E-state index is -0.542. The molecule has 192 valence electrons. The van der Waals surface area contributed by atoms with Crippen LogP contribution in [0.5, 0.6) is 0 Å². The fourth-order valence-electron chi connectivity index (χ4n) is 4.91. The van der Waals surface area contributed by atoms with Crippen LogP contribution in [0.4, 0.5) is 5.69 Å². The van der Waals surface area contributed by atoms with Gasteiger partial charge < -0.3 is 9.47 Å². The number of rotatable bonds is 11. The summed E-state index contributed by atoms with van der Waals surface area (Å²) in [6, 6.07) is 15.0. The smallest absolute Gasteiger partial charge is 0.267 e. The lowest BCUT2D eigenvalue weighted by molar-refractivity contribution is -0.124. The van der Waals surface area contributed by atoms with Crippen LogP contribution in [-0.2, 0) is 24.8 Å². The number of nitrogens with one attached hydrogen (secondary N) is 1. The van der Waals surface area contributed by atoms with Crippen molar-refractivity contribution in [3.05, 3.63) is 65.5 Å². The molecule has 36 heavy (non-hydrogen) atoms. The molecule has 1 aliphatic rings. The first kappa shape index (κ1) is 26.5. The van der Waals surface area contributed by atoms with Crippen molar-refractivity contribution in [3.63, 3.8) is 0 Å². The first-order valence-electron chi connectivity index (χ1n) is 12.3. The molecule has 1 aromatic heterocycles. The van der Waals surface area contributed by atoms with Gasteiger partial charge in [-0.3, -0.25) is 14.9 Å². The number of carbonyl (C=O) groups excluding carboxylic acids is 1. The Balaban J connectivity index is 1.45. The number of likely N-dealkylation sites (tertiary alicyclic amines) is 1. The molecule has 4 rings (SSSR count). The zero-order chi connectivity index (χ0) is 25.5. The van der Waals surface area contributed by atoms with E-state index in [0.29, 0.717) is 17.8 Å². The number of benzene rings is 2. The number of imidazole rings is 1. The van der Waals surface area contributed by atoms with Crippen molar-refractivity contribution in [1.82, 2.24) is 19.9 Å². The Kier molecular flexibility index (Phi) is 9.26. The second-order valence-corrected chi connectivity index (χ2v) is 9.90. The number of carbonyl (C=O) groups is 1. The number of alkyl halides is 2. The molecule has 0 bridgehead atoms. The quantitative estimate of drug-likeness (QED) is 0.164. The molecule has 0 saturated carbocycles. The van der Waals surface area contributed by atoms with Crippen molar-refractivity contribution < 1.29 is 10.0 Å². The Labute approximate surface area is 222 Å². The van der Waals surface area contributed by atoms with Crippen molar-refractivity contribution in [1.29, 1.82) is 0 Å². The number of fused-ring (bicyclic) bond motifs is 1. The first-order valence-corrected chi connectivity index (χ1v) is 13.4. The number of amides is 1.